The molecule has 1 amide bonds. The zero-order chi connectivity index (χ0) is 17.9. The van der Waals surface area contributed by atoms with Gasteiger partial charge in [-0.3, -0.25) is 9.78 Å². The summed E-state index contributed by atoms with van der Waals surface area (Å²) in [6.07, 6.45) is 6.24. The summed E-state index contributed by atoms with van der Waals surface area (Å²) >= 11 is 0. The molecule has 26 heavy (non-hydrogen) atoms. The highest BCUT2D eigenvalue weighted by Gasteiger charge is 2.45. The lowest BCUT2D eigenvalue weighted by molar-refractivity contribution is 0.0624. The van der Waals surface area contributed by atoms with Crippen LogP contribution in [0.4, 0.5) is 0 Å². The number of hydrogen-bond acceptors (Lipinski definition) is 5. The molecule has 4 rings (SSSR count). The molecule has 4 heterocycles. The first-order valence-corrected chi connectivity index (χ1v) is 9.14. The van der Waals surface area contributed by atoms with E-state index in [9.17, 15) is 4.79 Å². The molecule has 6 nitrogen and oxygen atoms in total. The number of fused-ring (bicyclic) bond motifs is 1. The summed E-state index contributed by atoms with van der Waals surface area (Å²) in [6, 6.07) is 5.75. The van der Waals surface area contributed by atoms with Gasteiger partial charge in [-0.15, -0.1) is 0 Å². The van der Waals surface area contributed by atoms with Crippen molar-refractivity contribution in [1.82, 2.24) is 9.88 Å². The fraction of sp³-hybridized carbons (Fsp3) is 0.500. The Morgan fingerprint density at radius 3 is 3.08 bits per heavy atom. The first-order valence-electron chi connectivity index (χ1n) is 9.14. The van der Waals surface area contributed by atoms with Crippen molar-refractivity contribution >= 4 is 5.91 Å². The second-order valence-electron chi connectivity index (χ2n) is 7.14. The molecule has 2 aliphatic rings. The van der Waals surface area contributed by atoms with Crippen LogP contribution >= 0.6 is 0 Å². The van der Waals surface area contributed by atoms with Crippen LogP contribution in [0, 0.1) is 18.8 Å². The predicted molar refractivity (Wildman–Crippen MR) is 94.6 cm³/mol. The van der Waals surface area contributed by atoms with Crippen LogP contribution in [0.2, 0.25) is 0 Å². The number of ether oxygens (including phenoxy) is 2. The molecule has 0 N–H and O–H groups in total. The van der Waals surface area contributed by atoms with E-state index in [1.165, 1.54) is 0 Å². The molecule has 138 valence electrons. The molecule has 0 spiro atoms. The number of aromatic nitrogens is 1. The van der Waals surface area contributed by atoms with E-state index in [2.05, 4.69) is 4.98 Å². The lowest BCUT2D eigenvalue weighted by Crippen LogP contribution is -2.31. The lowest BCUT2D eigenvalue weighted by Gasteiger charge is -2.19. The van der Waals surface area contributed by atoms with Gasteiger partial charge >= 0.3 is 0 Å². The van der Waals surface area contributed by atoms with E-state index < -0.39 is 0 Å². The van der Waals surface area contributed by atoms with Crippen molar-refractivity contribution < 1.29 is 18.7 Å². The summed E-state index contributed by atoms with van der Waals surface area (Å²) < 4.78 is 17.1. The highest BCUT2D eigenvalue weighted by atomic mass is 16.5. The fourth-order valence-corrected chi connectivity index (χ4v) is 3.91. The van der Waals surface area contributed by atoms with E-state index in [0.717, 1.165) is 30.7 Å². The fourth-order valence-electron chi connectivity index (χ4n) is 3.91. The Bertz CT molecular complexity index is 745. The van der Waals surface area contributed by atoms with Crippen LogP contribution in [0.15, 0.2) is 41.3 Å². The summed E-state index contributed by atoms with van der Waals surface area (Å²) in [4.78, 5) is 18.6. The zero-order valence-electron chi connectivity index (χ0n) is 15.0. The van der Waals surface area contributed by atoms with Gasteiger partial charge in [-0.1, -0.05) is 6.07 Å². The monoisotopic (exact) mass is 356 g/mol. The van der Waals surface area contributed by atoms with Gasteiger partial charge in [0.25, 0.3) is 5.91 Å². The number of nitrogens with zero attached hydrogens (tertiary/aromatic N) is 2. The molecular weight excluding hydrogens is 332 g/mol. The van der Waals surface area contributed by atoms with Gasteiger partial charge in [0.15, 0.2) is 5.76 Å². The van der Waals surface area contributed by atoms with Crippen LogP contribution in [0.1, 0.15) is 28.1 Å². The number of aryl methyl sites for hydroxylation is 1. The maximum Gasteiger partial charge on any atom is 0.289 e. The standard InChI is InChI=1S/C20H24N2O4/c1-14-4-8-25-19(14)20(23)22-10-17-16(13-26-18(17)11-22)5-7-24-12-15-3-2-6-21-9-15/h2-4,6,8-9,16-18H,5,7,10-13H2,1H3/t16-,17-,18-/m0/s1. The van der Waals surface area contributed by atoms with Gasteiger partial charge in [-0.05, 0) is 37.0 Å². The Kier molecular flexibility index (Phi) is 5.04. The molecule has 3 atom stereocenters. The van der Waals surface area contributed by atoms with Crippen LogP contribution < -0.4 is 0 Å². The number of hydrogen-bond donors (Lipinski definition) is 0. The van der Waals surface area contributed by atoms with Crippen molar-refractivity contribution in [1.29, 1.82) is 0 Å². The van der Waals surface area contributed by atoms with Gasteiger partial charge < -0.3 is 18.8 Å². The maximum atomic E-state index is 12.6. The minimum Gasteiger partial charge on any atom is -0.459 e. The summed E-state index contributed by atoms with van der Waals surface area (Å²) in [5.41, 5.74) is 1.97. The normalized spacial score (nSPS) is 24.8. The van der Waals surface area contributed by atoms with Crippen LogP contribution in [-0.2, 0) is 16.1 Å². The van der Waals surface area contributed by atoms with Crippen LogP contribution in [0.5, 0.6) is 0 Å². The summed E-state index contributed by atoms with van der Waals surface area (Å²) in [6.45, 7) is 5.31. The zero-order valence-corrected chi connectivity index (χ0v) is 15.0. The summed E-state index contributed by atoms with van der Waals surface area (Å²) in [7, 11) is 0. The second-order valence-corrected chi connectivity index (χ2v) is 7.14. The topological polar surface area (TPSA) is 64.8 Å². The van der Waals surface area contributed by atoms with E-state index in [1.54, 1.807) is 12.5 Å². The van der Waals surface area contributed by atoms with Crippen LogP contribution in [0.25, 0.3) is 0 Å². The summed E-state index contributed by atoms with van der Waals surface area (Å²) in [5.74, 6) is 1.24. The number of amides is 1. The largest absolute Gasteiger partial charge is 0.459 e. The third-order valence-electron chi connectivity index (χ3n) is 5.41. The molecule has 0 unspecified atom stereocenters. The molecule has 0 aliphatic carbocycles. The molecule has 6 heteroatoms. The first kappa shape index (κ1) is 17.2. The number of likely N-dealkylation sites (tertiary alicyclic amines) is 1. The van der Waals surface area contributed by atoms with E-state index in [4.69, 9.17) is 13.9 Å². The minimum atomic E-state index is -0.0305. The molecule has 0 bridgehead atoms. The van der Waals surface area contributed by atoms with Crippen molar-refractivity contribution in [3.63, 3.8) is 0 Å². The highest BCUT2D eigenvalue weighted by Crippen LogP contribution is 2.36. The Morgan fingerprint density at radius 1 is 1.38 bits per heavy atom. The van der Waals surface area contributed by atoms with Gasteiger partial charge in [-0.2, -0.15) is 0 Å². The lowest BCUT2D eigenvalue weighted by atomic mass is 9.91. The van der Waals surface area contributed by atoms with Crippen molar-refractivity contribution in [2.75, 3.05) is 26.3 Å². The quantitative estimate of drug-likeness (QED) is 0.745. The Hall–Kier alpha value is -2.18. The molecule has 0 aromatic carbocycles. The second kappa shape index (κ2) is 7.60. The smallest absolute Gasteiger partial charge is 0.289 e. The van der Waals surface area contributed by atoms with E-state index in [-0.39, 0.29) is 12.0 Å². The molecule has 2 saturated heterocycles. The predicted octanol–water partition coefficient (Wildman–Crippen LogP) is 2.68. The van der Waals surface area contributed by atoms with Crippen molar-refractivity contribution in [3.05, 3.63) is 53.7 Å². The Labute approximate surface area is 153 Å². The number of carbonyl (C=O) groups excluding carboxylic acids is 1. The number of carbonyl (C=O) groups is 1. The van der Waals surface area contributed by atoms with Gasteiger partial charge in [-0.25, -0.2) is 0 Å². The molecule has 0 radical (unpaired) electrons. The average Bonchev–Trinajstić information content (AvgIpc) is 3.35. The third kappa shape index (κ3) is 3.52. The molecule has 2 aromatic heterocycles. The van der Waals surface area contributed by atoms with E-state index in [1.807, 2.05) is 36.2 Å². The van der Waals surface area contributed by atoms with E-state index >= 15 is 0 Å². The number of furan rings is 1. The van der Waals surface area contributed by atoms with Gasteiger partial charge in [0.05, 0.1) is 25.6 Å². The van der Waals surface area contributed by atoms with Crippen molar-refractivity contribution in [3.8, 4) is 0 Å². The van der Waals surface area contributed by atoms with E-state index in [0.29, 0.717) is 37.4 Å². The van der Waals surface area contributed by atoms with Gasteiger partial charge in [0.2, 0.25) is 0 Å². The molecule has 2 fully saturated rings. The highest BCUT2D eigenvalue weighted by molar-refractivity contribution is 5.93. The van der Waals surface area contributed by atoms with Gasteiger partial charge in [0.1, 0.15) is 0 Å². The number of pyridine rings is 1. The van der Waals surface area contributed by atoms with Crippen LogP contribution in [-0.4, -0.2) is 48.2 Å². The van der Waals surface area contributed by atoms with Crippen LogP contribution in [0.3, 0.4) is 0 Å². The third-order valence-corrected chi connectivity index (χ3v) is 5.41. The molecular formula is C20H24N2O4. The Balaban J connectivity index is 1.27. The number of rotatable bonds is 6. The molecule has 0 saturated carbocycles. The molecule has 2 aliphatic heterocycles. The van der Waals surface area contributed by atoms with Crippen molar-refractivity contribution in [2.24, 2.45) is 11.8 Å². The minimum absolute atomic E-state index is 0.0305. The SMILES string of the molecule is Cc1ccoc1C(=O)N1C[C@H]2[C@@H](CCOCc3cccnc3)CO[C@H]2C1. The average molecular weight is 356 g/mol. The van der Waals surface area contributed by atoms with Crippen molar-refractivity contribution in [2.45, 2.75) is 26.1 Å². The summed E-state index contributed by atoms with van der Waals surface area (Å²) in [5, 5.41) is 0. The van der Waals surface area contributed by atoms with Gasteiger partial charge in [0, 0.05) is 43.6 Å². The molecule has 2 aromatic rings. The Morgan fingerprint density at radius 2 is 2.31 bits per heavy atom. The maximum absolute atomic E-state index is 12.6. The first-order chi connectivity index (χ1) is 12.7.